The van der Waals surface area contributed by atoms with Gasteiger partial charge in [0.05, 0.1) is 0 Å². The first kappa shape index (κ1) is 19.4. The molecule has 27 heavy (non-hydrogen) atoms. The highest BCUT2D eigenvalue weighted by atomic mass is 16.7. The van der Waals surface area contributed by atoms with Crippen LogP contribution in [0.5, 0.6) is 23.0 Å². The summed E-state index contributed by atoms with van der Waals surface area (Å²) in [7, 11) is 0. The van der Waals surface area contributed by atoms with Gasteiger partial charge in [0.2, 0.25) is 6.79 Å². The van der Waals surface area contributed by atoms with Crippen LogP contribution in [0.25, 0.3) is 0 Å². The maximum absolute atomic E-state index is 5.53. The summed E-state index contributed by atoms with van der Waals surface area (Å²) >= 11 is 0. The molecule has 146 valence electrons. The third-order valence-electron chi connectivity index (χ3n) is 4.65. The molecule has 0 unspecified atom stereocenters. The molecular formula is C23H30O4. The summed E-state index contributed by atoms with van der Waals surface area (Å²) < 4.78 is 21.6. The van der Waals surface area contributed by atoms with E-state index in [1.807, 2.05) is 12.1 Å². The van der Waals surface area contributed by atoms with Gasteiger partial charge in [-0.2, -0.15) is 0 Å². The van der Waals surface area contributed by atoms with Crippen molar-refractivity contribution in [1.82, 2.24) is 0 Å². The fourth-order valence-electron chi connectivity index (χ4n) is 2.87. The zero-order valence-corrected chi connectivity index (χ0v) is 17.2. The van der Waals surface area contributed by atoms with Crippen LogP contribution >= 0.6 is 0 Å². The Bertz CT molecular complexity index is 797. The van der Waals surface area contributed by atoms with Crippen molar-refractivity contribution in [3.8, 4) is 23.0 Å². The molecule has 0 fully saturated rings. The van der Waals surface area contributed by atoms with Gasteiger partial charge in [-0.15, -0.1) is 0 Å². The average Bonchev–Trinajstić information content (AvgIpc) is 3.08. The molecule has 0 radical (unpaired) electrons. The Balaban J connectivity index is 0.000000156. The predicted octanol–water partition coefficient (Wildman–Crippen LogP) is 5.47. The summed E-state index contributed by atoms with van der Waals surface area (Å²) in [5.74, 6) is 3.47. The van der Waals surface area contributed by atoms with Gasteiger partial charge in [-0.1, -0.05) is 53.7 Å². The lowest BCUT2D eigenvalue weighted by Gasteiger charge is -2.23. The van der Waals surface area contributed by atoms with Gasteiger partial charge in [0.1, 0.15) is 13.2 Å². The minimum absolute atomic E-state index is 0.163. The molecule has 2 aliphatic rings. The maximum Gasteiger partial charge on any atom is 0.231 e. The molecule has 4 rings (SSSR count). The SMILES string of the molecule is CC(C)(C)c1ccc2c(c1)OCCO2.CC(C)(C)c1ccc2c(c1)OCO2. The minimum atomic E-state index is 0.163. The van der Waals surface area contributed by atoms with Gasteiger partial charge in [0, 0.05) is 0 Å². The van der Waals surface area contributed by atoms with Gasteiger partial charge in [-0.05, 0) is 46.2 Å². The first-order chi connectivity index (χ1) is 12.6. The molecular weight excluding hydrogens is 340 g/mol. The molecule has 4 nitrogen and oxygen atoms in total. The van der Waals surface area contributed by atoms with Crippen LogP contribution in [0.3, 0.4) is 0 Å². The van der Waals surface area contributed by atoms with Crippen molar-refractivity contribution in [2.75, 3.05) is 20.0 Å². The molecule has 0 spiro atoms. The Hall–Kier alpha value is -2.36. The third-order valence-corrected chi connectivity index (χ3v) is 4.65. The fourth-order valence-corrected chi connectivity index (χ4v) is 2.87. The van der Waals surface area contributed by atoms with E-state index in [0.29, 0.717) is 20.0 Å². The second-order valence-corrected chi connectivity index (χ2v) is 8.93. The van der Waals surface area contributed by atoms with Gasteiger partial charge in [0.25, 0.3) is 0 Å². The summed E-state index contributed by atoms with van der Waals surface area (Å²) in [6, 6.07) is 12.3. The van der Waals surface area contributed by atoms with E-state index in [4.69, 9.17) is 18.9 Å². The van der Waals surface area contributed by atoms with Crippen molar-refractivity contribution in [3.05, 3.63) is 47.5 Å². The molecule has 2 aromatic carbocycles. The Kier molecular flexibility index (Phi) is 5.27. The lowest BCUT2D eigenvalue weighted by Crippen LogP contribution is -2.17. The number of hydrogen-bond donors (Lipinski definition) is 0. The van der Waals surface area contributed by atoms with E-state index in [0.717, 1.165) is 23.0 Å². The molecule has 0 amide bonds. The third kappa shape index (κ3) is 4.68. The van der Waals surface area contributed by atoms with Crippen LogP contribution in [0.15, 0.2) is 36.4 Å². The number of benzene rings is 2. The lowest BCUT2D eigenvalue weighted by molar-refractivity contribution is 0.171. The van der Waals surface area contributed by atoms with Crippen molar-refractivity contribution in [1.29, 1.82) is 0 Å². The van der Waals surface area contributed by atoms with Crippen LogP contribution in [-0.4, -0.2) is 20.0 Å². The van der Waals surface area contributed by atoms with E-state index in [9.17, 15) is 0 Å². The van der Waals surface area contributed by atoms with Crippen LogP contribution in [0.4, 0.5) is 0 Å². The van der Waals surface area contributed by atoms with Crippen molar-refractivity contribution >= 4 is 0 Å². The highest BCUT2D eigenvalue weighted by Crippen LogP contribution is 2.36. The Morgan fingerprint density at radius 3 is 1.48 bits per heavy atom. The molecule has 0 bridgehead atoms. The second kappa shape index (κ2) is 7.34. The Morgan fingerprint density at radius 2 is 0.963 bits per heavy atom. The number of hydrogen-bond acceptors (Lipinski definition) is 4. The molecule has 0 N–H and O–H groups in total. The van der Waals surface area contributed by atoms with Gasteiger partial charge in [0.15, 0.2) is 23.0 Å². The lowest BCUT2D eigenvalue weighted by atomic mass is 9.87. The molecule has 2 aliphatic heterocycles. The van der Waals surface area contributed by atoms with E-state index in [-0.39, 0.29) is 10.8 Å². The molecule has 0 aliphatic carbocycles. The Labute approximate surface area is 162 Å². The molecule has 0 saturated carbocycles. The van der Waals surface area contributed by atoms with Crippen LogP contribution in [0.1, 0.15) is 52.7 Å². The molecule has 0 aromatic heterocycles. The van der Waals surface area contributed by atoms with E-state index in [1.54, 1.807) is 0 Å². The minimum Gasteiger partial charge on any atom is -0.486 e. The van der Waals surface area contributed by atoms with Crippen LogP contribution in [-0.2, 0) is 10.8 Å². The van der Waals surface area contributed by atoms with Crippen molar-refractivity contribution in [2.45, 2.75) is 52.4 Å². The summed E-state index contributed by atoms with van der Waals surface area (Å²) in [4.78, 5) is 0. The van der Waals surface area contributed by atoms with Crippen LogP contribution in [0.2, 0.25) is 0 Å². The fraction of sp³-hybridized carbons (Fsp3) is 0.478. The average molecular weight is 370 g/mol. The van der Waals surface area contributed by atoms with E-state index < -0.39 is 0 Å². The quantitative estimate of drug-likeness (QED) is 0.616. The number of fused-ring (bicyclic) bond motifs is 2. The first-order valence-electron chi connectivity index (χ1n) is 9.45. The van der Waals surface area contributed by atoms with Crippen LogP contribution < -0.4 is 18.9 Å². The second-order valence-electron chi connectivity index (χ2n) is 8.93. The molecule has 0 saturated heterocycles. The molecule has 2 aromatic rings. The summed E-state index contributed by atoms with van der Waals surface area (Å²) in [5, 5.41) is 0. The summed E-state index contributed by atoms with van der Waals surface area (Å²) in [6.07, 6.45) is 0. The summed E-state index contributed by atoms with van der Waals surface area (Å²) in [5.41, 5.74) is 2.88. The van der Waals surface area contributed by atoms with Crippen molar-refractivity contribution < 1.29 is 18.9 Å². The highest BCUT2D eigenvalue weighted by molar-refractivity contribution is 5.46. The van der Waals surface area contributed by atoms with E-state index >= 15 is 0 Å². The predicted molar refractivity (Wildman–Crippen MR) is 107 cm³/mol. The zero-order chi connectivity index (χ0) is 19.7. The monoisotopic (exact) mass is 370 g/mol. The van der Waals surface area contributed by atoms with Crippen molar-refractivity contribution in [3.63, 3.8) is 0 Å². The van der Waals surface area contributed by atoms with Gasteiger partial charge in [-0.25, -0.2) is 0 Å². The highest BCUT2D eigenvalue weighted by Gasteiger charge is 2.20. The topological polar surface area (TPSA) is 36.9 Å². The smallest absolute Gasteiger partial charge is 0.231 e. The van der Waals surface area contributed by atoms with Crippen LogP contribution in [0, 0.1) is 0 Å². The van der Waals surface area contributed by atoms with E-state index in [2.05, 4.69) is 65.8 Å². The first-order valence-corrected chi connectivity index (χ1v) is 9.45. The number of ether oxygens (including phenoxy) is 4. The molecule has 0 atom stereocenters. The largest absolute Gasteiger partial charge is 0.486 e. The van der Waals surface area contributed by atoms with E-state index in [1.165, 1.54) is 11.1 Å². The molecule has 4 heteroatoms. The normalized spacial score (nSPS) is 15.0. The summed E-state index contributed by atoms with van der Waals surface area (Å²) in [6.45, 7) is 14.8. The van der Waals surface area contributed by atoms with Gasteiger partial charge in [-0.3, -0.25) is 0 Å². The Morgan fingerprint density at radius 1 is 0.556 bits per heavy atom. The maximum atomic E-state index is 5.53. The van der Waals surface area contributed by atoms with Gasteiger partial charge < -0.3 is 18.9 Å². The van der Waals surface area contributed by atoms with Crippen molar-refractivity contribution in [2.24, 2.45) is 0 Å². The zero-order valence-electron chi connectivity index (χ0n) is 17.2. The standard InChI is InChI=1S/C12H16O2.C11H14O2/c1-12(2,3)9-4-5-10-11(8-9)14-7-6-13-10;1-11(2,3)8-4-5-9-10(6-8)13-7-12-9/h4-5,8H,6-7H2,1-3H3;4-6H,7H2,1-3H3. The molecule has 2 heterocycles. The van der Waals surface area contributed by atoms with Gasteiger partial charge >= 0.3 is 0 Å². The number of rotatable bonds is 0.